The van der Waals surface area contributed by atoms with Crippen molar-refractivity contribution in [3.63, 3.8) is 0 Å². The van der Waals surface area contributed by atoms with Crippen molar-refractivity contribution in [2.45, 2.75) is 56.1 Å². The fourth-order valence-electron chi connectivity index (χ4n) is 2.68. The maximum atomic E-state index is 11.4. The summed E-state index contributed by atoms with van der Waals surface area (Å²) in [5, 5.41) is 3.56. The third kappa shape index (κ3) is 5.32. The second-order valence-electron chi connectivity index (χ2n) is 5.92. The van der Waals surface area contributed by atoms with E-state index in [1.165, 1.54) is 38.4 Å². The van der Waals surface area contributed by atoms with Crippen LogP contribution in [0, 0.1) is 0 Å². The molecule has 0 spiro atoms. The molecule has 1 aromatic rings. The van der Waals surface area contributed by atoms with Crippen LogP contribution in [-0.4, -0.2) is 33.4 Å². The smallest absolute Gasteiger partial charge is 0.175 e. The lowest BCUT2D eigenvalue weighted by Crippen LogP contribution is -2.37. The molecule has 1 atom stereocenters. The normalized spacial score (nSPS) is 18.4. The average molecular weight is 311 g/mol. The molecule has 1 saturated carbocycles. The minimum atomic E-state index is -3.14. The van der Waals surface area contributed by atoms with Gasteiger partial charge in [0.15, 0.2) is 9.84 Å². The molecule has 1 unspecified atom stereocenters. The summed E-state index contributed by atoms with van der Waals surface area (Å²) in [4.78, 5) is 0.322. The highest BCUT2D eigenvalue weighted by molar-refractivity contribution is 7.90. The molecule has 2 rings (SSSR count). The van der Waals surface area contributed by atoms with Gasteiger partial charge in [0.25, 0.3) is 0 Å². The first kappa shape index (κ1) is 16.3. The maximum absolute atomic E-state index is 11.4. The van der Waals surface area contributed by atoms with E-state index in [4.69, 9.17) is 4.74 Å². The van der Waals surface area contributed by atoms with Crippen LogP contribution in [0.15, 0.2) is 29.2 Å². The van der Waals surface area contributed by atoms with Gasteiger partial charge < -0.3 is 10.1 Å². The van der Waals surface area contributed by atoms with Crippen molar-refractivity contribution in [1.82, 2.24) is 5.32 Å². The second-order valence-corrected chi connectivity index (χ2v) is 7.93. The third-order valence-electron chi connectivity index (χ3n) is 3.89. The van der Waals surface area contributed by atoms with E-state index in [0.717, 1.165) is 6.54 Å². The molecule has 5 heteroatoms. The van der Waals surface area contributed by atoms with Crippen LogP contribution in [-0.2, 0) is 9.84 Å². The molecule has 0 aliphatic heterocycles. The van der Waals surface area contributed by atoms with Crippen molar-refractivity contribution in [3.05, 3.63) is 24.3 Å². The van der Waals surface area contributed by atoms with Gasteiger partial charge in [0.2, 0.25) is 0 Å². The monoisotopic (exact) mass is 311 g/mol. The van der Waals surface area contributed by atoms with E-state index in [0.29, 0.717) is 16.7 Å². The molecule has 1 aliphatic carbocycles. The van der Waals surface area contributed by atoms with Crippen molar-refractivity contribution in [3.8, 4) is 5.75 Å². The molecule has 0 amide bonds. The van der Waals surface area contributed by atoms with Crippen LogP contribution in [0.4, 0.5) is 0 Å². The van der Waals surface area contributed by atoms with Crippen LogP contribution in [0.1, 0.15) is 39.0 Å². The largest absolute Gasteiger partial charge is 0.489 e. The molecule has 0 aromatic heterocycles. The third-order valence-corrected chi connectivity index (χ3v) is 5.02. The molecular formula is C16H25NO3S. The first-order valence-corrected chi connectivity index (χ1v) is 9.54. The standard InChI is InChI=1S/C16H25NO3S/c1-13(12-17-14-6-4-3-5-7-14)20-15-8-10-16(11-9-15)21(2,18)19/h8-11,13-14,17H,3-7,12H2,1-2H3. The van der Waals surface area contributed by atoms with E-state index in [2.05, 4.69) is 5.32 Å². The summed E-state index contributed by atoms with van der Waals surface area (Å²) < 4.78 is 28.6. The number of hydrogen-bond donors (Lipinski definition) is 1. The second kappa shape index (κ2) is 7.27. The molecule has 1 N–H and O–H groups in total. The Morgan fingerprint density at radius 3 is 2.38 bits per heavy atom. The van der Waals surface area contributed by atoms with Crippen molar-refractivity contribution < 1.29 is 13.2 Å². The zero-order valence-electron chi connectivity index (χ0n) is 12.8. The zero-order valence-corrected chi connectivity index (χ0v) is 13.7. The molecule has 0 bridgehead atoms. The van der Waals surface area contributed by atoms with Crippen LogP contribution in [0.3, 0.4) is 0 Å². The molecule has 1 aromatic carbocycles. The van der Waals surface area contributed by atoms with E-state index < -0.39 is 9.84 Å². The van der Waals surface area contributed by atoms with Gasteiger partial charge in [0, 0.05) is 18.8 Å². The molecule has 1 fully saturated rings. The summed E-state index contributed by atoms with van der Waals surface area (Å²) >= 11 is 0. The molecule has 0 heterocycles. The molecule has 118 valence electrons. The van der Waals surface area contributed by atoms with Crippen LogP contribution in [0.25, 0.3) is 0 Å². The minimum Gasteiger partial charge on any atom is -0.489 e. The Balaban J connectivity index is 1.80. The van der Waals surface area contributed by atoms with Crippen LogP contribution in [0.2, 0.25) is 0 Å². The summed E-state index contributed by atoms with van der Waals surface area (Å²) in [5.74, 6) is 0.709. The maximum Gasteiger partial charge on any atom is 0.175 e. The summed E-state index contributed by atoms with van der Waals surface area (Å²) in [7, 11) is -3.14. The van der Waals surface area contributed by atoms with Crippen molar-refractivity contribution >= 4 is 9.84 Å². The number of hydrogen-bond acceptors (Lipinski definition) is 4. The Labute approximate surface area is 127 Å². The Kier molecular flexibility index (Phi) is 5.65. The Morgan fingerprint density at radius 2 is 1.81 bits per heavy atom. The number of benzene rings is 1. The van der Waals surface area contributed by atoms with E-state index in [9.17, 15) is 8.42 Å². The summed E-state index contributed by atoms with van der Waals surface area (Å²) in [6.07, 6.45) is 7.79. The summed E-state index contributed by atoms with van der Waals surface area (Å²) in [5.41, 5.74) is 0. The molecule has 4 nitrogen and oxygen atoms in total. The Morgan fingerprint density at radius 1 is 1.19 bits per heavy atom. The lowest BCUT2D eigenvalue weighted by molar-refractivity contribution is 0.205. The summed E-state index contributed by atoms with van der Waals surface area (Å²) in [6, 6.07) is 7.23. The first-order chi connectivity index (χ1) is 9.95. The van der Waals surface area contributed by atoms with Crippen molar-refractivity contribution in [2.24, 2.45) is 0 Å². The molecular weight excluding hydrogens is 286 g/mol. The lowest BCUT2D eigenvalue weighted by atomic mass is 9.95. The molecule has 0 radical (unpaired) electrons. The van der Waals surface area contributed by atoms with Crippen LogP contribution >= 0.6 is 0 Å². The number of nitrogens with one attached hydrogen (secondary N) is 1. The van der Waals surface area contributed by atoms with Crippen molar-refractivity contribution in [2.75, 3.05) is 12.8 Å². The van der Waals surface area contributed by atoms with Gasteiger partial charge >= 0.3 is 0 Å². The lowest BCUT2D eigenvalue weighted by Gasteiger charge is -2.25. The van der Waals surface area contributed by atoms with Gasteiger partial charge in [-0.3, -0.25) is 0 Å². The van der Waals surface area contributed by atoms with E-state index in [-0.39, 0.29) is 6.10 Å². The van der Waals surface area contributed by atoms with Gasteiger partial charge in [0.1, 0.15) is 11.9 Å². The quantitative estimate of drug-likeness (QED) is 0.877. The van der Waals surface area contributed by atoms with Crippen LogP contribution in [0.5, 0.6) is 5.75 Å². The van der Waals surface area contributed by atoms with Gasteiger partial charge in [-0.25, -0.2) is 8.42 Å². The highest BCUT2D eigenvalue weighted by Gasteiger charge is 2.14. The molecule has 21 heavy (non-hydrogen) atoms. The fraction of sp³-hybridized carbons (Fsp3) is 0.625. The first-order valence-electron chi connectivity index (χ1n) is 7.65. The minimum absolute atomic E-state index is 0.0658. The predicted octanol–water partition coefficient (Wildman–Crippen LogP) is 2.78. The van der Waals surface area contributed by atoms with Gasteiger partial charge in [0.05, 0.1) is 4.90 Å². The highest BCUT2D eigenvalue weighted by atomic mass is 32.2. The van der Waals surface area contributed by atoms with Crippen molar-refractivity contribution in [1.29, 1.82) is 0 Å². The number of ether oxygens (including phenoxy) is 1. The molecule has 1 aliphatic rings. The van der Waals surface area contributed by atoms with E-state index in [1.54, 1.807) is 24.3 Å². The number of sulfone groups is 1. The predicted molar refractivity (Wildman–Crippen MR) is 84.5 cm³/mol. The topological polar surface area (TPSA) is 55.4 Å². The molecule has 0 saturated heterocycles. The summed E-state index contributed by atoms with van der Waals surface area (Å²) in [6.45, 7) is 2.85. The zero-order chi connectivity index (χ0) is 15.3. The Bertz CT molecular complexity index is 533. The van der Waals surface area contributed by atoms with Gasteiger partial charge in [-0.2, -0.15) is 0 Å². The van der Waals surface area contributed by atoms with Crippen LogP contribution < -0.4 is 10.1 Å². The van der Waals surface area contributed by atoms with E-state index >= 15 is 0 Å². The average Bonchev–Trinajstić information content (AvgIpc) is 2.46. The van der Waals surface area contributed by atoms with Gasteiger partial charge in [-0.15, -0.1) is 0 Å². The number of rotatable bonds is 6. The van der Waals surface area contributed by atoms with Gasteiger partial charge in [-0.05, 0) is 44.0 Å². The fourth-order valence-corrected chi connectivity index (χ4v) is 3.31. The SMILES string of the molecule is CC(CNC1CCCCC1)Oc1ccc(S(C)(=O)=O)cc1. The van der Waals surface area contributed by atoms with Gasteiger partial charge in [-0.1, -0.05) is 19.3 Å². The highest BCUT2D eigenvalue weighted by Crippen LogP contribution is 2.19. The van der Waals surface area contributed by atoms with E-state index in [1.807, 2.05) is 6.92 Å². The Hall–Kier alpha value is -1.07.